The van der Waals surface area contributed by atoms with E-state index in [-0.39, 0.29) is 11.6 Å². The van der Waals surface area contributed by atoms with Gasteiger partial charge in [0.05, 0.1) is 20.8 Å². The van der Waals surface area contributed by atoms with Crippen molar-refractivity contribution < 1.29 is 9.72 Å². The van der Waals surface area contributed by atoms with Crippen LogP contribution in [0.1, 0.15) is 39.8 Å². The SMILES string of the molecule is O=C(Nc1cccc(C2SCCCS2)c1)c1cc([N+](=O)[O-])ccc1N1CCCC1. The Morgan fingerprint density at radius 3 is 2.55 bits per heavy atom. The number of thioether (sulfide) groups is 2. The first-order valence-electron chi connectivity index (χ1n) is 9.80. The van der Waals surface area contributed by atoms with Gasteiger partial charge < -0.3 is 10.2 Å². The number of carbonyl (C=O) groups is 1. The Bertz CT molecular complexity index is 910. The van der Waals surface area contributed by atoms with E-state index in [1.165, 1.54) is 24.1 Å². The first-order chi connectivity index (χ1) is 14.1. The Kier molecular flexibility index (Phi) is 6.30. The largest absolute Gasteiger partial charge is 0.371 e. The van der Waals surface area contributed by atoms with Crippen LogP contribution in [0.4, 0.5) is 17.1 Å². The lowest BCUT2D eigenvalue weighted by Crippen LogP contribution is -2.23. The number of nitrogens with zero attached hydrogens (tertiary/aromatic N) is 2. The molecule has 4 rings (SSSR count). The molecule has 2 aliphatic rings. The van der Waals surface area contributed by atoms with Gasteiger partial charge in [0.1, 0.15) is 0 Å². The summed E-state index contributed by atoms with van der Waals surface area (Å²) < 4.78 is 0.388. The number of nitro benzene ring substituents is 1. The number of benzene rings is 2. The third kappa shape index (κ3) is 4.70. The molecular formula is C21H23N3O3S2. The molecule has 0 aromatic heterocycles. The van der Waals surface area contributed by atoms with Crippen LogP contribution in [-0.2, 0) is 0 Å². The maximum Gasteiger partial charge on any atom is 0.270 e. The van der Waals surface area contributed by atoms with Gasteiger partial charge in [0.25, 0.3) is 11.6 Å². The number of hydrogen-bond donors (Lipinski definition) is 1. The molecule has 0 bridgehead atoms. The first-order valence-corrected chi connectivity index (χ1v) is 11.9. The Hall–Kier alpha value is -2.19. The predicted molar refractivity (Wildman–Crippen MR) is 121 cm³/mol. The zero-order valence-corrected chi connectivity index (χ0v) is 17.6. The lowest BCUT2D eigenvalue weighted by Gasteiger charge is -2.22. The highest BCUT2D eigenvalue weighted by molar-refractivity contribution is 8.16. The smallest absolute Gasteiger partial charge is 0.270 e. The van der Waals surface area contributed by atoms with Gasteiger partial charge in [-0.1, -0.05) is 12.1 Å². The van der Waals surface area contributed by atoms with Crippen LogP contribution in [0.25, 0.3) is 0 Å². The average molecular weight is 430 g/mol. The zero-order valence-electron chi connectivity index (χ0n) is 16.0. The predicted octanol–water partition coefficient (Wildman–Crippen LogP) is 5.32. The van der Waals surface area contributed by atoms with Crippen LogP contribution >= 0.6 is 23.5 Å². The van der Waals surface area contributed by atoms with Crippen LogP contribution in [0.5, 0.6) is 0 Å². The Morgan fingerprint density at radius 1 is 1.07 bits per heavy atom. The Morgan fingerprint density at radius 2 is 1.83 bits per heavy atom. The molecule has 29 heavy (non-hydrogen) atoms. The Labute approximate surface area is 178 Å². The van der Waals surface area contributed by atoms with Crippen LogP contribution in [0.2, 0.25) is 0 Å². The van der Waals surface area contributed by atoms with Crippen molar-refractivity contribution in [2.45, 2.75) is 23.8 Å². The molecule has 0 aliphatic carbocycles. The molecule has 152 valence electrons. The van der Waals surface area contributed by atoms with Crippen LogP contribution in [0.3, 0.4) is 0 Å². The van der Waals surface area contributed by atoms with Gasteiger partial charge in [-0.05, 0) is 54.5 Å². The number of nitrogens with one attached hydrogen (secondary N) is 1. The fourth-order valence-electron chi connectivity index (χ4n) is 3.69. The molecule has 1 amide bonds. The third-order valence-electron chi connectivity index (χ3n) is 5.13. The minimum absolute atomic E-state index is 0.0677. The van der Waals surface area contributed by atoms with E-state index in [1.54, 1.807) is 6.07 Å². The number of non-ortho nitro benzene ring substituents is 1. The second kappa shape index (κ2) is 9.09. The fraction of sp³-hybridized carbons (Fsp3) is 0.381. The van der Waals surface area contributed by atoms with Crippen molar-refractivity contribution in [3.8, 4) is 0 Å². The summed E-state index contributed by atoms with van der Waals surface area (Å²) in [6, 6.07) is 12.5. The van der Waals surface area contributed by atoms with Gasteiger partial charge in [-0.15, -0.1) is 23.5 Å². The number of carbonyl (C=O) groups excluding carboxylic acids is 1. The third-order valence-corrected chi connectivity index (χ3v) is 8.14. The highest BCUT2D eigenvalue weighted by Crippen LogP contribution is 2.44. The topological polar surface area (TPSA) is 75.5 Å². The maximum absolute atomic E-state index is 13.1. The lowest BCUT2D eigenvalue weighted by molar-refractivity contribution is -0.384. The van der Waals surface area contributed by atoms with Gasteiger partial charge in [-0.3, -0.25) is 14.9 Å². The van der Waals surface area contributed by atoms with E-state index in [0.717, 1.165) is 48.8 Å². The summed E-state index contributed by atoms with van der Waals surface area (Å²) in [5.41, 5.74) is 2.96. The van der Waals surface area contributed by atoms with E-state index in [0.29, 0.717) is 10.1 Å². The minimum atomic E-state index is -0.456. The molecule has 0 radical (unpaired) electrons. The number of amides is 1. The van der Waals surface area contributed by atoms with Gasteiger partial charge in [-0.2, -0.15) is 0 Å². The van der Waals surface area contributed by atoms with Gasteiger partial charge in [0, 0.05) is 30.9 Å². The molecule has 6 nitrogen and oxygen atoms in total. The summed E-state index contributed by atoms with van der Waals surface area (Å²) in [6.45, 7) is 1.73. The van der Waals surface area contributed by atoms with E-state index >= 15 is 0 Å². The molecule has 2 aromatic carbocycles. The minimum Gasteiger partial charge on any atom is -0.371 e. The highest BCUT2D eigenvalue weighted by Gasteiger charge is 2.23. The highest BCUT2D eigenvalue weighted by atomic mass is 32.2. The molecule has 0 unspecified atom stereocenters. The summed E-state index contributed by atoms with van der Waals surface area (Å²) in [5.74, 6) is 2.00. The molecule has 2 saturated heterocycles. The molecule has 2 heterocycles. The van der Waals surface area contributed by atoms with Crippen LogP contribution in [0, 0.1) is 10.1 Å². The van der Waals surface area contributed by atoms with Gasteiger partial charge in [0.2, 0.25) is 0 Å². The number of anilines is 2. The second-order valence-corrected chi connectivity index (χ2v) is 9.88. The number of nitro groups is 1. The van der Waals surface area contributed by atoms with E-state index in [2.05, 4.69) is 16.3 Å². The quantitative estimate of drug-likeness (QED) is 0.512. The van der Waals surface area contributed by atoms with Crippen LogP contribution in [0.15, 0.2) is 42.5 Å². The van der Waals surface area contributed by atoms with Crippen LogP contribution < -0.4 is 10.2 Å². The standard InChI is InChI=1S/C21H23N3O3S2/c25-20(22-16-6-3-5-15(13-16)21-28-11-4-12-29-21)18-14-17(24(26)27)7-8-19(18)23-9-1-2-10-23/h3,5-8,13-14,21H,1-2,4,9-12H2,(H,22,25). The second-order valence-electron chi connectivity index (χ2n) is 7.16. The molecule has 1 N–H and O–H groups in total. The monoisotopic (exact) mass is 429 g/mol. The normalized spacial score (nSPS) is 17.3. The van der Waals surface area contributed by atoms with Crippen molar-refractivity contribution in [3.05, 3.63) is 63.7 Å². The molecule has 2 fully saturated rings. The number of rotatable bonds is 5. The van der Waals surface area contributed by atoms with Crippen molar-refractivity contribution in [1.29, 1.82) is 0 Å². The summed E-state index contributed by atoms with van der Waals surface area (Å²) in [6.07, 6.45) is 3.36. The van der Waals surface area contributed by atoms with Gasteiger partial charge >= 0.3 is 0 Å². The van der Waals surface area contributed by atoms with E-state index in [4.69, 9.17) is 0 Å². The van der Waals surface area contributed by atoms with Gasteiger partial charge in [-0.25, -0.2) is 0 Å². The molecule has 0 saturated carbocycles. The first kappa shape index (κ1) is 20.1. The summed E-state index contributed by atoms with van der Waals surface area (Å²) >= 11 is 3.87. The maximum atomic E-state index is 13.1. The van der Waals surface area contributed by atoms with Crippen molar-refractivity contribution >= 4 is 46.5 Å². The molecular weight excluding hydrogens is 406 g/mol. The summed E-state index contributed by atoms with van der Waals surface area (Å²) in [5, 5.41) is 14.2. The Balaban J connectivity index is 1.59. The van der Waals surface area contributed by atoms with E-state index < -0.39 is 4.92 Å². The molecule has 0 spiro atoms. The number of hydrogen-bond acceptors (Lipinski definition) is 6. The zero-order chi connectivity index (χ0) is 20.2. The summed E-state index contributed by atoms with van der Waals surface area (Å²) in [7, 11) is 0. The fourth-order valence-corrected chi connectivity index (χ4v) is 6.57. The van der Waals surface area contributed by atoms with Crippen molar-refractivity contribution in [3.63, 3.8) is 0 Å². The van der Waals surface area contributed by atoms with E-state index in [1.807, 2.05) is 41.7 Å². The van der Waals surface area contributed by atoms with Crippen LogP contribution in [-0.4, -0.2) is 35.4 Å². The lowest BCUT2D eigenvalue weighted by atomic mass is 10.1. The average Bonchev–Trinajstić information content (AvgIpc) is 3.29. The van der Waals surface area contributed by atoms with Crippen molar-refractivity contribution in [2.24, 2.45) is 0 Å². The van der Waals surface area contributed by atoms with Crippen molar-refractivity contribution in [2.75, 3.05) is 34.8 Å². The molecule has 0 atom stereocenters. The summed E-state index contributed by atoms with van der Waals surface area (Å²) in [4.78, 5) is 26.0. The van der Waals surface area contributed by atoms with E-state index in [9.17, 15) is 14.9 Å². The molecule has 2 aliphatic heterocycles. The van der Waals surface area contributed by atoms with Crippen molar-refractivity contribution in [1.82, 2.24) is 0 Å². The van der Waals surface area contributed by atoms with Gasteiger partial charge in [0.15, 0.2) is 0 Å². The molecule has 2 aromatic rings. The molecule has 8 heteroatoms.